The number of aromatic nitrogens is 3. The Kier molecular flexibility index (Phi) is 5.06. The average molecular weight is 419 g/mol. The van der Waals surface area contributed by atoms with E-state index in [4.69, 9.17) is 10.00 Å². The molecule has 3 fully saturated rings. The molecule has 2 saturated heterocycles. The largest absolute Gasteiger partial charge is 0.360 e. The van der Waals surface area contributed by atoms with Crippen molar-refractivity contribution in [3.8, 4) is 6.07 Å². The zero-order valence-corrected chi connectivity index (χ0v) is 17.6. The number of carbonyl (C=O) groups is 1. The van der Waals surface area contributed by atoms with Crippen molar-refractivity contribution in [1.82, 2.24) is 19.9 Å². The number of ether oxygens (including phenoxy) is 1. The summed E-state index contributed by atoms with van der Waals surface area (Å²) in [5.74, 6) is 1.40. The summed E-state index contributed by atoms with van der Waals surface area (Å²) in [6, 6.07) is 6.30. The standard InChI is InChI=1S/C23H26N6O2/c1-16-7-19-12-28(13-20(16)29(19)21-4-3-17(8-24)9-27-21)22(30)14-31-23(5-2-6-23)18-10-25-15-26-11-18/h3-4,9-11,15-16,19-20H,2,5-7,12-14H2,1H3/t16-,19?,20?/m0/s1. The number of fused-ring (bicyclic) bond motifs is 2. The van der Waals surface area contributed by atoms with Crippen molar-refractivity contribution in [3.63, 3.8) is 0 Å². The van der Waals surface area contributed by atoms with Gasteiger partial charge in [0, 0.05) is 43.3 Å². The van der Waals surface area contributed by atoms with E-state index in [1.165, 1.54) is 6.33 Å². The summed E-state index contributed by atoms with van der Waals surface area (Å²) in [7, 11) is 0. The predicted molar refractivity (Wildman–Crippen MR) is 113 cm³/mol. The number of hydrogen-bond donors (Lipinski definition) is 0. The number of pyridine rings is 1. The van der Waals surface area contributed by atoms with Gasteiger partial charge >= 0.3 is 0 Å². The minimum Gasteiger partial charge on any atom is -0.360 e. The first-order valence-corrected chi connectivity index (χ1v) is 10.9. The second-order valence-corrected chi connectivity index (χ2v) is 8.92. The lowest BCUT2D eigenvalue weighted by atomic mass is 9.76. The molecule has 8 nitrogen and oxygen atoms in total. The molecule has 3 atom stereocenters. The van der Waals surface area contributed by atoms with Gasteiger partial charge in [-0.25, -0.2) is 15.0 Å². The van der Waals surface area contributed by atoms with Gasteiger partial charge < -0.3 is 14.5 Å². The molecule has 160 valence electrons. The highest BCUT2D eigenvalue weighted by molar-refractivity contribution is 5.78. The molecule has 2 aliphatic heterocycles. The fourth-order valence-corrected chi connectivity index (χ4v) is 5.24. The number of piperazine rings is 1. The van der Waals surface area contributed by atoms with Gasteiger partial charge in [-0.05, 0) is 43.7 Å². The first kappa shape index (κ1) is 19.9. The van der Waals surface area contributed by atoms with Crippen LogP contribution in [0, 0.1) is 17.2 Å². The van der Waals surface area contributed by atoms with Gasteiger partial charge in [0.2, 0.25) is 5.91 Å². The molecule has 1 aliphatic carbocycles. The molecule has 2 bridgehead atoms. The van der Waals surface area contributed by atoms with E-state index in [1.807, 2.05) is 17.0 Å². The first-order valence-electron chi connectivity index (χ1n) is 10.9. The molecule has 1 amide bonds. The molecule has 0 spiro atoms. The highest BCUT2D eigenvalue weighted by atomic mass is 16.5. The van der Waals surface area contributed by atoms with Crippen LogP contribution in [0.2, 0.25) is 0 Å². The normalized spacial score (nSPS) is 26.3. The first-order chi connectivity index (χ1) is 15.1. The number of nitrogens with zero attached hydrogens (tertiary/aromatic N) is 6. The van der Waals surface area contributed by atoms with Crippen LogP contribution in [0.5, 0.6) is 0 Å². The van der Waals surface area contributed by atoms with Crippen molar-refractivity contribution in [1.29, 1.82) is 5.26 Å². The average Bonchev–Trinajstić information content (AvgIpc) is 2.97. The fourth-order valence-electron chi connectivity index (χ4n) is 5.24. The van der Waals surface area contributed by atoms with Crippen molar-refractivity contribution >= 4 is 11.7 Å². The molecule has 2 aromatic heterocycles. The Bertz CT molecular complexity index is 985. The summed E-state index contributed by atoms with van der Waals surface area (Å²) in [5, 5.41) is 9.03. The Balaban J connectivity index is 1.25. The maximum Gasteiger partial charge on any atom is 0.248 e. The Morgan fingerprint density at radius 1 is 1.26 bits per heavy atom. The molecule has 4 heterocycles. The minimum absolute atomic E-state index is 0.0414. The summed E-state index contributed by atoms with van der Waals surface area (Å²) in [6.45, 7) is 3.66. The molecule has 2 unspecified atom stereocenters. The summed E-state index contributed by atoms with van der Waals surface area (Å²) < 4.78 is 6.19. The van der Waals surface area contributed by atoms with Crippen LogP contribution in [0.25, 0.3) is 0 Å². The van der Waals surface area contributed by atoms with Gasteiger partial charge in [0.25, 0.3) is 0 Å². The number of hydrogen-bond acceptors (Lipinski definition) is 7. The van der Waals surface area contributed by atoms with E-state index in [-0.39, 0.29) is 24.6 Å². The minimum atomic E-state index is -0.419. The lowest BCUT2D eigenvalue weighted by Gasteiger charge is -2.44. The SMILES string of the molecule is C[C@H]1CC2CN(C(=O)COC3(c4cncnc4)CCC3)CC1N2c1ccc(C#N)cn1. The highest BCUT2D eigenvalue weighted by Gasteiger charge is 2.47. The van der Waals surface area contributed by atoms with E-state index in [0.29, 0.717) is 24.6 Å². The van der Waals surface area contributed by atoms with Gasteiger partial charge in [0.1, 0.15) is 24.8 Å². The van der Waals surface area contributed by atoms with Gasteiger partial charge in [0.15, 0.2) is 0 Å². The maximum absolute atomic E-state index is 13.1. The molecule has 1 saturated carbocycles. The molecule has 31 heavy (non-hydrogen) atoms. The van der Waals surface area contributed by atoms with Crippen molar-refractivity contribution in [2.45, 2.75) is 50.3 Å². The van der Waals surface area contributed by atoms with E-state index in [1.54, 1.807) is 18.6 Å². The topological polar surface area (TPSA) is 95.2 Å². The third-order valence-electron chi connectivity index (χ3n) is 7.10. The third kappa shape index (κ3) is 3.53. The molecule has 2 aromatic rings. The number of likely N-dealkylation sites (tertiary alicyclic amines) is 1. The Hall–Kier alpha value is -3.05. The summed E-state index contributed by atoms with van der Waals surface area (Å²) in [4.78, 5) is 30.1. The monoisotopic (exact) mass is 418 g/mol. The molecule has 0 aromatic carbocycles. The molecule has 0 radical (unpaired) electrons. The van der Waals surface area contributed by atoms with Gasteiger partial charge in [-0.3, -0.25) is 4.79 Å². The van der Waals surface area contributed by atoms with E-state index in [0.717, 1.165) is 37.1 Å². The molecule has 0 N–H and O–H groups in total. The smallest absolute Gasteiger partial charge is 0.248 e. The molecule has 5 rings (SSSR count). The van der Waals surface area contributed by atoms with Crippen LogP contribution in [-0.4, -0.2) is 57.5 Å². The number of amides is 1. The van der Waals surface area contributed by atoms with E-state index < -0.39 is 5.60 Å². The Morgan fingerprint density at radius 2 is 2.06 bits per heavy atom. The van der Waals surface area contributed by atoms with Crippen LogP contribution in [0.3, 0.4) is 0 Å². The van der Waals surface area contributed by atoms with Crippen LogP contribution >= 0.6 is 0 Å². The van der Waals surface area contributed by atoms with E-state index >= 15 is 0 Å². The van der Waals surface area contributed by atoms with Crippen LogP contribution in [0.15, 0.2) is 37.1 Å². The third-order valence-corrected chi connectivity index (χ3v) is 7.10. The maximum atomic E-state index is 13.1. The zero-order chi connectivity index (χ0) is 21.4. The Labute approximate surface area is 181 Å². The molecular weight excluding hydrogens is 392 g/mol. The van der Waals surface area contributed by atoms with Crippen molar-refractivity contribution in [2.24, 2.45) is 5.92 Å². The number of nitriles is 1. The van der Waals surface area contributed by atoms with Gasteiger partial charge in [-0.15, -0.1) is 0 Å². The number of carbonyl (C=O) groups excluding carboxylic acids is 1. The van der Waals surface area contributed by atoms with Crippen LogP contribution in [0.4, 0.5) is 5.82 Å². The highest BCUT2D eigenvalue weighted by Crippen LogP contribution is 2.44. The zero-order valence-electron chi connectivity index (χ0n) is 17.6. The summed E-state index contributed by atoms with van der Waals surface area (Å²) in [5.41, 5.74) is 1.10. The molecule has 8 heteroatoms. The lowest BCUT2D eigenvalue weighted by Crippen LogP contribution is -2.57. The quantitative estimate of drug-likeness (QED) is 0.735. The summed E-state index contributed by atoms with van der Waals surface area (Å²) in [6.07, 6.45) is 10.6. The van der Waals surface area contributed by atoms with Gasteiger partial charge in [-0.2, -0.15) is 5.26 Å². The number of anilines is 1. The Morgan fingerprint density at radius 3 is 2.68 bits per heavy atom. The summed E-state index contributed by atoms with van der Waals surface area (Å²) >= 11 is 0. The van der Waals surface area contributed by atoms with E-state index in [9.17, 15) is 4.79 Å². The van der Waals surface area contributed by atoms with Gasteiger partial charge in [-0.1, -0.05) is 6.92 Å². The predicted octanol–water partition coefficient (Wildman–Crippen LogP) is 2.26. The van der Waals surface area contributed by atoms with Crippen LogP contribution in [0.1, 0.15) is 43.7 Å². The van der Waals surface area contributed by atoms with Crippen molar-refractivity contribution in [2.75, 3.05) is 24.6 Å². The molecular formula is C23H26N6O2. The fraction of sp³-hybridized carbons (Fsp3) is 0.522. The number of rotatable bonds is 5. The van der Waals surface area contributed by atoms with Crippen LogP contribution < -0.4 is 4.90 Å². The van der Waals surface area contributed by atoms with Gasteiger partial charge in [0.05, 0.1) is 17.2 Å². The van der Waals surface area contributed by atoms with E-state index in [2.05, 4.69) is 32.8 Å². The molecule has 3 aliphatic rings. The second kappa shape index (κ2) is 7.89. The lowest BCUT2D eigenvalue weighted by molar-refractivity contribution is -0.154. The van der Waals surface area contributed by atoms with Crippen LogP contribution in [-0.2, 0) is 15.1 Å². The van der Waals surface area contributed by atoms with Crippen molar-refractivity contribution in [3.05, 3.63) is 48.2 Å². The second-order valence-electron chi connectivity index (χ2n) is 8.92. The van der Waals surface area contributed by atoms with Crippen molar-refractivity contribution < 1.29 is 9.53 Å².